The summed E-state index contributed by atoms with van der Waals surface area (Å²) in [5, 5.41) is 13.8. The highest BCUT2D eigenvalue weighted by Crippen LogP contribution is 2.27. The number of nitrogens with zero attached hydrogens (tertiary/aromatic N) is 2. The molecule has 9 nitrogen and oxygen atoms in total. The molecule has 0 radical (unpaired) electrons. The van der Waals surface area contributed by atoms with Gasteiger partial charge in [0.05, 0.1) is 23.0 Å². The first-order chi connectivity index (χ1) is 15.0. The molecule has 0 saturated heterocycles. The monoisotopic (exact) mass is 463 g/mol. The van der Waals surface area contributed by atoms with Crippen molar-refractivity contribution in [1.82, 2.24) is 5.32 Å². The van der Waals surface area contributed by atoms with Crippen molar-refractivity contribution in [3.05, 3.63) is 63.7 Å². The fourth-order valence-corrected chi connectivity index (χ4v) is 3.98. The van der Waals surface area contributed by atoms with Crippen LogP contribution in [0.5, 0.6) is 5.75 Å². The van der Waals surface area contributed by atoms with E-state index in [0.717, 1.165) is 34.4 Å². The van der Waals surface area contributed by atoms with Gasteiger partial charge in [-0.3, -0.25) is 19.2 Å². The first kappa shape index (κ1) is 25.1. The van der Waals surface area contributed by atoms with Crippen molar-refractivity contribution in [2.45, 2.75) is 39.7 Å². The predicted molar refractivity (Wildman–Crippen MR) is 124 cm³/mol. The number of anilines is 1. The number of sulfonamides is 1. The molecule has 0 fully saturated rings. The van der Waals surface area contributed by atoms with E-state index in [4.69, 9.17) is 4.74 Å². The number of amides is 1. The van der Waals surface area contributed by atoms with E-state index in [1.807, 2.05) is 38.1 Å². The average molecular weight is 464 g/mol. The molecule has 0 heterocycles. The molecule has 2 rings (SSSR count). The minimum absolute atomic E-state index is 0.105. The Hall–Kier alpha value is -3.14. The SMILES string of the molecule is Cc1ccc([N+](=O)[O-])cc1N(CC(=O)NCCCc1ccc(OC(C)C)cc1)S(C)(=O)=O. The van der Waals surface area contributed by atoms with Gasteiger partial charge < -0.3 is 10.1 Å². The predicted octanol–water partition coefficient (Wildman–Crippen LogP) is 3.21. The van der Waals surface area contributed by atoms with Crippen molar-refractivity contribution in [1.29, 1.82) is 0 Å². The van der Waals surface area contributed by atoms with Gasteiger partial charge in [-0.2, -0.15) is 0 Å². The summed E-state index contributed by atoms with van der Waals surface area (Å²) >= 11 is 0. The van der Waals surface area contributed by atoms with E-state index in [-0.39, 0.29) is 17.5 Å². The first-order valence-electron chi connectivity index (χ1n) is 10.2. The van der Waals surface area contributed by atoms with Gasteiger partial charge in [-0.15, -0.1) is 0 Å². The second kappa shape index (κ2) is 10.9. The fraction of sp³-hybridized carbons (Fsp3) is 0.409. The van der Waals surface area contributed by atoms with Crippen LogP contribution >= 0.6 is 0 Å². The Morgan fingerprint density at radius 1 is 1.19 bits per heavy atom. The van der Waals surface area contributed by atoms with Gasteiger partial charge in [0.25, 0.3) is 5.69 Å². The van der Waals surface area contributed by atoms with Gasteiger partial charge in [-0.05, 0) is 56.9 Å². The summed E-state index contributed by atoms with van der Waals surface area (Å²) in [6.07, 6.45) is 2.48. The third kappa shape index (κ3) is 7.52. The maximum atomic E-state index is 12.4. The van der Waals surface area contributed by atoms with Gasteiger partial charge in [-0.1, -0.05) is 18.2 Å². The Kier molecular flexibility index (Phi) is 8.59. The van der Waals surface area contributed by atoms with Crippen LogP contribution in [-0.4, -0.2) is 44.7 Å². The molecule has 2 aromatic rings. The van der Waals surface area contributed by atoms with Crippen molar-refractivity contribution >= 4 is 27.3 Å². The molecule has 0 unspecified atom stereocenters. The zero-order valence-electron chi connectivity index (χ0n) is 18.7. The van der Waals surface area contributed by atoms with E-state index in [1.54, 1.807) is 6.92 Å². The highest BCUT2D eigenvalue weighted by atomic mass is 32.2. The van der Waals surface area contributed by atoms with Crippen LogP contribution in [0, 0.1) is 17.0 Å². The van der Waals surface area contributed by atoms with Crippen LogP contribution in [0.3, 0.4) is 0 Å². The zero-order chi connectivity index (χ0) is 23.9. The molecular formula is C22H29N3O6S. The second-order valence-electron chi connectivity index (χ2n) is 7.76. The Labute approximate surface area is 188 Å². The maximum absolute atomic E-state index is 12.4. The molecular weight excluding hydrogens is 434 g/mol. The minimum Gasteiger partial charge on any atom is -0.491 e. The lowest BCUT2D eigenvalue weighted by Gasteiger charge is -2.23. The lowest BCUT2D eigenvalue weighted by Crippen LogP contribution is -2.41. The molecule has 0 aromatic heterocycles. The summed E-state index contributed by atoms with van der Waals surface area (Å²) in [4.78, 5) is 22.9. The summed E-state index contributed by atoms with van der Waals surface area (Å²) in [5.74, 6) is 0.316. The number of carbonyl (C=O) groups is 1. The highest BCUT2D eigenvalue weighted by Gasteiger charge is 2.24. The van der Waals surface area contributed by atoms with Crippen LogP contribution in [0.15, 0.2) is 42.5 Å². The number of hydrogen-bond donors (Lipinski definition) is 1. The Morgan fingerprint density at radius 2 is 1.84 bits per heavy atom. The minimum atomic E-state index is -3.83. The number of ether oxygens (including phenoxy) is 1. The number of nitro benzene ring substituents is 1. The standard InChI is InChI=1S/C22H29N3O6S/c1-16(2)31-20-11-8-18(9-12-20)6-5-13-23-22(26)15-24(32(4,29)30)21-14-19(25(27)28)10-7-17(21)3/h7-12,14,16H,5-6,13,15H2,1-4H3,(H,23,26). The maximum Gasteiger partial charge on any atom is 0.271 e. The lowest BCUT2D eigenvalue weighted by molar-refractivity contribution is -0.384. The number of nitro groups is 1. The Balaban J connectivity index is 1.95. The molecule has 2 aromatic carbocycles. The number of benzene rings is 2. The Bertz CT molecular complexity index is 1050. The number of nitrogens with one attached hydrogen (secondary N) is 1. The molecule has 0 bridgehead atoms. The van der Waals surface area contributed by atoms with E-state index in [9.17, 15) is 23.3 Å². The highest BCUT2D eigenvalue weighted by molar-refractivity contribution is 7.92. The zero-order valence-corrected chi connectivity index (χ0v) is 19.5. The van der Waals surface area contributed by atoms with Crippen LogP contribution in [0.25, 0.3) is 0 Å². The number of hydrogen-bond acceptors (Lipinski definition) is 6. The van der Waals surface area contributed by atoms with Crippen LogP contribution in [0.1, 0.15) is 31.4 Å². The smallest absolute Gasteiger partial charge is 0.271 e. The molecule has 0 saturated carbocycles. The molecule has 0 aliphatic carbocycles. The molecule has 32 heavy (non-hydrogen) atoms. The summed E-state index contributed by atoms with van der Waals surface area (Å²) < 4.78 is 31.0. The Morgan fingerprint density at radius 3 is 2.41 bits per heavy atom. The second-order valence-corrected chi connectivity index (χ2v) is 9.67. The molecule has 0 aliphatic rings. The normalized spacial score (nSPS) is 11.3. The van der Waals surface area contributed by atoms with Crippen molar-refractivity contribution in [3.8, 4) is 5.75 Å². The van der Waals surface area contributed by atoms with Crippen LogP contribution < -0.4 is 14.4 Å². The van der Waals surface area contributed by atoms with Crippen molar-refractivity contribution in [2.75, 3.05) is 23.7 Å². The van der Waals surface area contributed by atoms with Gasteiger partial charge in [-0.25, -0.2) is 8.42 Å². The fourth-order valence-electron chi connectivity index (χ4n) is 3.07. The molecule has 0 spiro atoms. The number of carbonyl (C=O) groups excluding carboxylic acids is 1. The number of non-ortho nitro benzene ring substituents is 1. The third-order valence-electron chi connectivity index (χ3n) is 4.62. The van der Waals surface area contributed by atoms with E-state index in [0.29, 0.717) is 18.5 Å². The molecule has 1 N–H and O–H groups in total. The molecule has 174 valence electrons. The quantitative estimate of drug-likeness (QED) is 0.310. The van der Waals surface area contributed by atoms with E-state index in [2.05, 4.69) is 5.32 Å². The summed E-state index contributed by atoms with van der Waals surface area (Å²) in [6, 6.07) is 11.7. The van der Waals surface area contributed by atoms with E-state index >= 15 is 0 Å². The molecule has 0 aliphatic heterocycles. The number of aryl methyl sites for hydroxylation is 2. The van der Waals surface area contributed by atoms with E-state index < -0.39 is 27.4 Å². The lowest BCUT2D eigenvalue weighted by atomic mass is 10.1. The van der Waals surface area contributed by atoms with Gasteiger partial charge >= 0.3 is 0 Å². The number of rotatable bonds is 11. The van der Waals surface area contributed by atoms with Crippen molar-refractivity contribution in [2.24, 2.45) is 0 Å². The topological polar surface area (TPSA) is 119 Å². The van der Waals surface area contributed by atoms with Crippen LogP contribution in [0.2, 0.25) is 0 Å². The third-order valence-corrected chi connectivity index (χ3v) is 5.75. The summed E-state index contributed by atoms with van der Waals surface area (Å²) in [5.41, 5.74) is 1.48. The average Bonchev–Trinajstić information content (AvgIpc) is 2.70. The largest absolute Gasteiger partial charge is 0.491 e. The van der Waals surface area contributed by atoms with Crippen LogP contribution in [0.4, 0.5) is 11.4 Å². The first-order valence-corrected chi connectivity index (χ1v) is 12.1. The van der Waals surface area contributed by atoms with Gasteiger partial charge in [0.1, 0.15) is 12.3 Å². The molecule has 0 atom stereocenters. The van der Waals surface area contributed by atoms with Gasteiger partial charge in [0.2, 0.25) is 15.9 Å². The van der Waals surface area contributed by atoms with E-state index in [1.165, 1.54) is 12.1 Å². The van der Waals surface area contributed by atoms with Gasteiger partial charge in [0.15, 0.2) is 0 Å². The van der Waals surface area contributed by atoms with Gasteiger partial charge in [0, 0.05) is 18.7 Å². The molecule has 10 heteroatoms. The van der Waals surface area contributed by atoms with Crippen molar-refractivity contribution in [3.63, 3.8) is 0 Å². The molecule has 1 amide bonds. The van der Waals surface area contributed by atoms with Crippen molar-refractivity contribution < 1.29 is 22.9 Å². The van der Waals surface area contributed by atoms with Crippen LogP contribution in [-0.2, 0) is 21.2 Å². The summed E-state index contributed by atoms with van der Waals surface area (Å²) in [7, 11) is -3.83. The summed E-state index contributed by atoms with van der Waals surface area (Å²) in [6.45, 7) is 5.47.